The summed E-state index contributed by atoms with van der Waals surface area (Å²) in [5.74, 6) is 0.586. The lowest BCUT2D eigenvalue weighted by Crippen LogP contribution is -2.52. The molecule has 5 heteroatoms. The summed E-state index contributed by atoms with van der Waals surface area (Å²) >= 11 is 0. The third kappa shape index (κ3) is 4.24. The van der Waals surface area contributed by atoms with Crippen LogP contribution in [0.4, 0.5) is 4.79 Å². The van der Waals surface area contributed by atoms with Gasteiger partial charge >= 0.3 is 6.09 Å². The van der Waals surface area contributed by atoms with E-state index in [2.05, 4.69) is 17.0 Å². The Morgan fingerprint density at radius 2 is 2.12 bits per heavy atom. The summed E-state index contributed by atoms with van der Waals surface area (Å²) in [6.07, 6.45) is 1.91. The van der Waals surface area contributed by atoms with Crippen LogP contribution in [0, 0.1) is 5.92 Å². The molecule has 2 unspecified atom stereocenters. The molecule has 5 nitrogen and oxygen atoms in total. The molecule has 98 valence electrons. The van der Waals surface area contributed by atoms with E-state index in [1.165, 1.54) is 7.11 Å². The van der Waals surface area contributed by atoms with E-state index in [-0.39, 0.29) is 11.9 Å². The number of carbonyl (C=O) groups is 2. The Kier molecular flexibility index (Phi) is 5.25. The molecule has 2 amide bonds. The number of nitrogens with one attached hydrogen (secondary N) is 1. The van der Waals surface area contributed by atoms with E-state index in [9.17, 15) is 9.59 Å². The molecule has 1 fully saturated rings. The Bertz CT molecular complexity index is 281. The molecule has 0 aromatic rings. The highest BCUT2D eigenvalue weighted by Crippen LogP contribution is 2.17. The van der Waals surface area contributed by atoms with Gasteiger partial charge in [0.05, 0.1) is 13.2 Å². The van der Waals surface area contributed by atoms with Gasteiger partial charge in [0.2, 0.25) is 5.91 Å². The first kappa shape index (κ1) is 13.8. The molecule has 0 radical (unpaired) electrons. The fourth-order valence-corrected chi connectivity index (χ4v) is 2.26. The molecule has 0 saturated carbocycles. The highest BCUT2D eigenvalue weighted by atomic mass is 16.5. The van der Waals surface area contributed by atoms with Crippen LogP contribution in [0.3, 0.4) is 0 Å². The van der Waals surface area contributed by atoms with Crippen LogP contribution in [0.5, 0.6) is 0 Å². The number of nitrogens with zero attached hydrogens (tertiary/aromatic N) is 1. The van der Waals surface area contributed by atoms with Crippen molar-refractivity contribution in [3.8, 4) is 0 Å². The topological polar surface area (TPSA) is 58.6 Å². The fourth-order valence-electron chi connectivity index (χ4n) is 2.26. The third-order valence-electron chi connectivity index (χ3n) is 2.98. The zero-order chi connectivity index (χ0) is 12.8. The van der Waals surface area contributed by atoms with Gasteiger partial charge in [-0.05, 0) is 18.8 Å². The molecular weight excluding hydrogens is 220 g/mol. The molecule has 1 heterocycles. The highest BCUT2D eigenvalue weighted by molar-refractivity contribution is 5.76. The fraction of sp³-hybridized carbons (Fsp3) is 0.833. The molecule has 17 heavy (non-hydrogen) atoms. The highest BCUT2D eigenvalue weighted by Gasteiger charge is 2.28. The van der Waals surface area contributed by atoms with Gasteiger partial charge in [-0.25, -0.2) is 4.79 Å². The van der Waals surface area contributed by atoms with Crippen molar-refractivity contribution in [1.82, 2.24) is 10.2 Å². The predicted octanol–water partition coefficient (Wildman–Crippen LogP) is 1.38. The summed E-state index contributed by atoms with van der Waals surface area (Å²) in [5.41, 5.74) is 0. The second-order valence-electron chi connectivity index (χ2n) is 4.72. The largest absolute Gasteiger partial charge is 0.453 e. The van der Waals surface area contributed by atoms with Crippen molar-refractivity contribution in [2.45, 2.75) is 39.2 Å². The lowest BCUT2D eigenvalue weighted by atomic mass is 9.95. The van der Waals surface area contributed by atoms with Crippen molar-refractivity contribution >= 4 is 12.0 Å². The molecule has 1 saturated heterocycles. The maximum Gasteiger partial charge on any atom is 0.407 e. The van der Waals surface area contributed by atoms with Crippen LogP contribution in [-0.4, -0.2) is 43.1 Å². The van der Waals surface area contributed by atoms with Crippen LogP contribution < -0.4 is 5.32 Å². The van der Waals surface area contributed by atoms with Crippen molar-refractivity contribution in [2.24, 2.45) is 5.92 Å². The molecule has 0 bridgehead atoms. The van der Waals surface area contributed by atoms with Crippen molar-refractivity contribution < 1.29 is 14.3 Å². The Labute approximate surface area is 102 Å². The Hall–Kier alpha value is -1.26. The van der Waals surface area contributed by atoms with E-state index in [4.69, 9.17) is 0 Å². The predicted molar refractivity (Wildman–Crippen MR) is 64.6 cm³/mol. The number of hydrogen-bond acceptors (Lipinski definition) is 3. The molecule has 1 aliphatic rings. The molecule has 0 aliphatic carbocycles. The first-order valence-electron chi connectivity index (χ1n) is 6.19. The number of ether oxygens (including phenoxy) is 1. The minimum atomic E-state index is -0.424. The molecular formula is C12H22N2O3. The molecule has 1 aliphatic heterocycles. The normalized spacial score (nSPS) is 24.3. The van der Waals surface area contributed by atoms with Gasteiger partial charge in [0, 0.05) is 19.5 Å². The Morgan fingerprint density at radius 1 is 1.41 bits per heavy atom. The van der Waals surface area contributed by atoms with Crippen LogP contribution in [0.15, 0.2) is 0 Å². The maximum absolute atomic E-state index is 11.8. The van der Waals surface area contributed by atoms with Gasteiger partial charge in [-0.2, -0.15) is 0 Å². The number of carbonyl (C=O) groups excluding carboxylic acids is 2. The first-order chi connectivity index (χ1) is 8.06. The zero-order valence-corrected chi connectivity index (χ0v) is 10.9. The lowest BCUT2D eigenvalue weighted by Gasteiger charge is -2.36. The molecule has 0 aromatic heterocycles. The smallest absolute Gasteiger partial charge is 0.407 e. The minimum absolute atomic E-state index is 0.00649. The zero-order valence-electron chi connectivity index (χ0n) is 10.9. The third-order valence-corrected chi connectivity index (χ3v) is 2.98. The molecule has 1 N–H and O–H groups in total. The average molecular weight is 242 g/mol. The number of methoxy groups -OCH3 is 1. The van der Waals surface area contributed by atoms with Gasteiger partial charge < -0.3 is 15.0 Å². The summed E-state index contributed by atoms with van der Waals surface area (Å²) in [6, 6.07) is 0.00649. The van der Waals surface area contributed by atoms with Gasteiger partial charge in [0.25, 0.3) is 0 Å². The average Bonchev–Trinajstić information content (AvgIpc) is 2.28. The molecule has 2 atom stereocenters. The summed E-state index contributed by atoms with van der Waals surface area (Å²) < 4.78 is 4.58. The molecule has 0 aromatic carbocycles. The van der Waals surface area contributed by atoms with Crippen LogP contribution in [-0.2, 0) is 9.53 Å². The molecule has 0 spiro atoms. The van der Waals surface area contributed by atoms with Gasteiger partial charge in [0.1, 0.15) is 0 Å². The number of piperidine rings is 1. The quantitative estimate of drug-likeness (QED) is 0.813. The number of alkyl carbamates (subject to hydrolysis) is 1. The van der Waals surface area contributed by atoms with E-state index < -0.39 is 6.09 Å². The van der Waals surface area contributed by atoms with Crippen molar-refractivity contribution in [1.29, 1.82) is 0 Å². The minimum Gasteiger partial charge on any atom is -0.453 e. The van der Waals surface area contributed by atoms with Crippen molar-refractivity contribution in [3.63, 3.8) is 0 Å². The summed E-state index contributed by atoms with van der Waals surface area (Å²) in [5, 5.41) is 2.77. The number of hydrogen-bond donors (Lipinski definition) is 1. The van der Waals surface area contributed by atoms with Crippen LogP contribution in [0.1, 0.15) is 33.1 Å². The Balaban J connectivity index is 2.52. The Morgan fingerprint density at radius 3 is 2.71 bits per heavy atom. The van der Waals surface area contributed by atoms with E-state index in [0.29, 0.717) is 18.9 Å². The lowest BCUT2D eigenvalue weighted by molar-refractivity contribution is -0.133. The van der Waals surface area contributed by atoms with Crippen molar-refractivity contribution in [2.75, 3.05) is 20.2 Å². The number of rotatable bonds is 3. The van der Waals surface area contributed by atoms with Crippen LogP contribution in [0.25, 0.3) is 0 Å². The second kappa shape index (κ2) is 6.47. The van der Waals surface area contributed by atoms with E-state index >= 15 is 0 Å². The van der Waals surface area contributed by atoms with Gasteiger partial charge in [-0.3, -0.25) is 4.79 Å². The monoisotopic (exact) mass is 242 g/mol. The summed E-state index contributed by atoms with van der Waals surface area (Å²) in [4.78, 5) is 24.8. The van der Waals surface area contributed by atoms with E-state index in [1.54, 1.807) is 0 Å². The number of likely N-dealkylation sites (tertiary alicyclic amines) is 1. The van der Waals surface area contributed by atoms with Crippen LogP contribution in [0.2, 0.25) is 0 Å². The first-order valence-corrected chi connectivity index (χ1v) is 6.19. The SMILES string of the molecule is CCCC(=O)N1CC(C)CC(NC(=O)OC)C1. The number of amides is 2. The van der Waals surface area contributed by atoms with Gasteiger partial charge in [0.15, 0.2) is 0 Å². The van der Waals surface area contributed by atoms with Crippen molar-refractivity contribution in [3.05, 3.63) is 0 Å². The second-order valence-corrected chi connectivity index (χ2v) is 4.72. The van der Waals surface area contributed by atoms with Crippen LogP contribution >= 0.6 is 0 Å². The van der Waals surface area contributed by atoms with E-state index in [1.807, 2.05) is 11.8 Å². The maximum atomic E-state index is 11.8. The van der Waals surface area contributed by atoms with E-state index in [0.717, 1.165) is 19.4 Å². The van der Waals surface area contributed by atoms with Gasteiger partial charge in [-0.15, -0.1) is 0 Å². The molecule has 1 rings (SSSR count). The summed E-state index contributed by atoms with van der Waals surface area (Å²) in [7, 11) is 1.35. The standard InChI is InChI=1S/C12H22N2O3/c1-4-5-11(15)14-7-9(2)6-10(8-14)13-12(16)17-3/h9-10H,4-8H2,1-3H3,(H,13,16). The van der Waals surface area contributed by atoms with Gasteiger partial charge in [-0.1, -0.05) is 13.8 Å². The summed E-state index contributed by atoms with van der Waals surface area (Å²) in [6.45, 7) is 5.48.